The molecule has 12 heteroatoms. The molecule has 0 aliphatic carbocycles. The second-order valence-electron chi connectivity index (χ2n) is 6.45. The van der Waals surface area contributed by atoms with Gasteiger partial charge in [0.25, 0.3) is 23.7 Å². The molecular formula is C20H21N7O5. The van der Waals surface area contributed by atoms with E-state index < -0.39 is 11.8 Å². The number of benzene rings is 2. The number of ether oxygens (including phenoxy) is 1. The number of hydrazine groups is 2. The van der Waals surface area contributed by atoms with E-state index in [1.54, 1.807) is 24.3 Å². The largest absolute Gasteiger partial charge is 0.507 e. The van der Waals surface area contributed by atoms with Gasteiger partial charge in [-0.15, -0.1) is 0 Å². The Bertz CT molecular complexity index is 1060. The molecule has 0 atom stereocenters. The Balaban J connectivity index is 1.99. The number of para-hydroxylation sites is 2. The number of anilines is 2. The Morgan fingerprint density at radius 3 is 1.69 bits per heavy atom. The van der Waals surface area contributed by atoms with E-state index in [4.69, 9.17) is 16.4 Å². The van der Waals surface area contributed by atoms with Crippen molar-refractivity contribution in [1.82, 2.24) is 15.0 Å². The second-order valence-corrected chi connectivity index (χ2v) is 6.45. The third kappa shape index (κ3) is 4.71. The lowest BCUT2D eigenvalue weighted by Crippen LogP contribution is -2.42. The molecule has 0 saturated carbocycles. The van der Waals surface area contributed by atoms with Crippen LogP contribution in [0, 0.1) is 0 Å². The van der Waals surface area contributed by atoms with Crippen LogP contribution in [0.25, 0.3) is 0 Å². The summed E-state index contributed by atoms with van der Waals surface area (Å²) in [6.45, 7) is 2.09. The predicted molar refractivity (Wildman–Crippen MR) is 114 cm³/mol. The number of amides is 2. The molecule has 0 bridgehead atoms. The van der Waals surface area contributed by atoms with Gasteiger partial charge < -0.3 is 14.9 Å². The Labute approximate surface area is 182 Å². The minimum absolute atomic E-state index is 0.0946. The number of hydrogen-bond donors (Lipinski definition) is 4. The van der Waals surface area contributed by atoms with Crippen LogP contribution < -0.4 is 26.4 Å². The first-order chi connectivity index (χ1) is 15.3. The van der Waals surface area contributed by atoms with Crippen molar-refractivity contribution >= 4 is 23.7 Å². The fourth-order valence-electron chi connectivity index (χ4n) is 2.56. The van der Waals surface area contributed by atoms with Crippen LogP contribution in [-0.2, 0) is 0 Å². The summed E-state index contributed by atoms with van der Waals surface area (Å²) in [4.78, 5) is 37.4. The molecule has 3 rings (SSSR count). The first-order valence-corrected chi connectivity index (χ1v) is 9.46. The van der Waals surface area contributed by atoms with Crippen LogP contribution in [0.15, 0.2) is 48.5 Å². The number of nitrogens with two attached hydrogens (primary N) is 2. The molecule has 0 radical (unpaired) electrons. The summed E-state index contributed by atoms with van der Waals surface area (Å²) in [7, 11) is 0. The van der Waals surface area contributed by atoms with Crippen LogP contribution in [-0.4, -0.2) is 43.6 Å². The van der Waals surface area contributed by atoms with E-state index in [-0.39, 0.29) is 47.1 Å². The zero-order valence-corrected chi connectivity index (χ0v) is 17.0. The van der Waals surface area contributed by atoms with Crippen molar-refractivity contribution in [3.63, 3.8) is 0 Å². The number of hydrogen-bond acceptors (Lipinski definition) is 10. The van der Waals surface area contributed by atoms with Crippen LogP contribution in [0.4, 0.5) is 11.9 Å². The summed E-state index contributed by atoms with van der Waals surface area (Å²) in [5.41, 5.74) is -0.189. The summed E-state index contributed by atoms with van der Waals surface area (Å²) in [5, 5.41) is 21.0. The molecule has 3 aromatic rings. The zero-order chi connectivity index (χ0) is 23.3. The molecular weight excluding hydrogens is 418 g/mol. The Morgan fingerprint density at radius 1 is 0.844 bits per heavy atom. The first kappa shape index (κ1) is 22.4. The lowest BCUT2D eigenvalue weighted by atomic mass is 10.2. The van der Waals surface area contributed by atoms with E-state index in [0.717, 1.165) is 0 Å². The maximum absolute atomic E-state index is 12.7. The summed E-state index contributed by atoms with van der Waals surface area (Å²) >= 11 is 0. The van der Waals surface area contributed by atoms with E-state index in [1.165, 1.54) is 24.3 Å². The van der Waals surface area contributed by atoms with Crippen LogP contribution in [0.1, 0.15) is 34.1 Å². The Morgan fingerprint density at radius 2 is 1.28 bits per heavy atom. The van der Waals surface area contributed by atoms with E-state index in [2.05, 4.69) is 15.0 Å². The number of carbonyl (C=O) groups excluding carboxylic acids is 2. The highest BCUT2D eigenvalue weighted by Crippen LogP contribution is 2.23. The topological polar surface area (TPSA) is 181 Å². The minimum atomic E-state index is -0.822. The normalized spacial score (nSPS) is 10.5. The molecule has 0 unspecified atom stereocenters. The highest BCUT2D eigenvalue weighted by molar-refractivity contribution is 6.07. The van der Waals surface area contributed by atoms with Gasteiger partial charge in [0.2, 0.25) is 0 Å². The quantitative estimate of drug-likeness (QED) is 0.236. The number of carbonyl (C=O) groups is 2. The molecule has 0 spiro atoms. The molecule has 2 amide bonds. The molecule has 0 aliphatic heterocycles. The molecule has 32 heavy (non-hydrogen) atoms. The van der Waals surface area contributed by atoms with E-state index >= 15 is 0 Å². The highest BCUT2D eigenvalue weighted by atomic mass is 16.5. The van der Waals surface area contributed by atoms with Gasteiger partial charge in [-0.1, -0.05) is 31.2 Å². The Hall–Kier alpha value is -4.29. The maximum atomic E-state index is 12.7. The van der Waals surface area contributed by atoms with Gasteiger partial charge in [0.15, 0.2) is 0 Å². The standard InChI is InChI=1S/C20H21N7O5/c1-2-11-32-20-24-18(26(21)16(30)12-7-3-5-9-14(12)28)23-19(25-20)27(22)17(31)13-8-4-6-10-15(13)29/h3-10,28-29H,2,11,21-22H2,1H3. The fourth-order valence-corrected chi connectivity index (χ4v) is 2.56. The van der Waals surface area contributed by atoms with Crippen molar-refractivity contribution in [2.45, 2.75) is 13.3 Å². The van der Waals surface area contributed by atoms with E-state index in [1.807, 2.05) is 6.92 Å². The monoisotopic (exact) mass is 439 g/mol. The number of phenolic OH excluding ortho intramolecular Hbond substituents is 2. The molecule has 2 aromatic carbocycles. The molecule has 0 saturated heterocycles. The number of rotatable bonds is 7. The van der Waals surface area contributed by atoms with Gasteiger partial charge in [0, 0.05) is 0 Å². The van der Waals surface area contributed by atoms with Crippen molar-refractivity contribution < 1.29 is 24.5 Å². The van der Waals surface area contributed by atoms with Crippen molar-refractivity contribution in [2.75, 3.05) is 16.6 Å². The van der Waals surface area contributed by atoms with Crippen LogP contribution in [0.3, 0.4) is 0 Å². The predicted octanol–water partition coefficient (Wildman–Crippen LogP) is 1.11. The van der Waals surface area contributed by atoms with Crippen molar-refractivity contribution in [3.8, 4) is 17.5 Å². The number of aromatic nitrogens is 3. The number of phenols is 2. The average Bonchev–Trinajstić information content (AvgIpc) is 2.81. The van der Waals surface area contributed by atoms with Gasteiger partial charge in [-0.2, -0.15) is 15.0 Å². The molecule has 0 aliphatic rings. The van der Waals surface area contributed by atoms with E-state index in [0.29, 0.717) is 16.4 Å². The maximum Gasteiger partial charge on any atom is 0.323 e. The van der Waals surface area contributed by atoms with Gasteiger partial charge in [0.1, 0.15) is 11.5 Å². The molecule has 0 fully saturated rings. The summed E-state index contributed by atoms with van der Waals surface area (Å²) in [6, 6.07) is 11.3. The SMILES string of the molecule is CCCOc1nc(N(N)C(=O)c2ccccc2O)nc(N(N)C(=O)c2ccccc2O)n1. The molecule has 1 heterocycles. The van der Waals surface area contributed by atoms with Crippen LogP contribution in [0.5, 0.6) is 17.5 Å². The third-order valence-electron chi connectivity index (χ3n) is 4.16. The third-order valence-corrected chi connectivity index (χ3v) is 4.16. The van der Waals surface area contributed by atoms with Gasteiger partial charge in [-0.3, -0.25) is 9.59 Å². The van der Waals surface area contributed by atoms with Crippen LogP contribution in [0.2, 0.25) is 0 Å². The first-order valence-electron chi connectivity index (χ1n) is 9.46. The lowest BCUT2D eigenvalue weighted by molar-refractivity contribution is 0.0977. The number of aromatic hydroxyl groups is 2. The van der Waals surface area contributed by atoms with Gasteiger partial charge in [0.05, 0.1) is 17.7 Å². The van der Waals surface area contributed by atoms with Crippen molar-refractivity contribution in [2.24, 2.45) is 11.7 Å². The second kappa shape index (κ2) is 9.68. The van der Waals surface area contributed by atoms with Gasteiger partial charge in [-0.05, 0) is 30.7 Å². The fraction of sp³-hybridized carbons (Fsp3) is 0.150. The number of nitrogens with zero attached hydrogens (tertiary/aromatic N) is 5. The summed E-state index contributed by atoms with van der Waals surface area (Å²) < 4.78 is 5.41. The lowest BCUT2D eigenvalue weighted by Gasteiger charge is -2.19. The molecule has 12 nitrogen and oxygen atoms in total. The molecule has 166 valence electrons. The van der Waals surface area contributed by atoms with Gasteiger partial charge in [-0.25, -0.2) is 21.7 Å². The van der Waals surface area contributed by atoms with Crippen LogP contribution >= 0.6 is 0 Å². The average molecular weight is 439 g/mol. The van der Waals surface area contributed by atoms with Gasteiger partial charge >= 0.3 is 6.01 Å². The van der Waals surface area contributed by atoms with E-state index in [9.17, 15) is 19.8 Å². The Kier molecular flexibility index (Phi) is 6.77. The molecule has 1 aromatic heterocycles. The summed E-state index contributed by atoms with van der Waals surface area (Å²) in [6.07, 6.45) is 0.628. The van der Waals surface area contributed by atoms with Crippen molar-refractivity contribution in [3.05, 3.63) is 59.7 Å². The zero-order valence-electron chi connectivity index (χ0n) is 17.0. The smallest absolute Gasteiger partial charge is 0.323 e. The minimum Gasteiger partial charge on any atom is -0.507 e. The van der Waals surface area contributed by atoms with Crippen molar-refractivity contribution in [1.29, 1.82) is 0 Å². The molecule has 6 N–H and O–H groups in total. The highest BCUT2D eigenvalue weighted by Gasteiger charge is 2.25. The summed E-state index contributed by atoms with van der Waals surface area (Å²) in [5.74, 6) is 8.81.